The molecule has 0 saturated carbocycles. The van der Waals surface area contributed by atoms with Crippen LogP contribution in [0.15, 0.2) is 194 Å². The number of fused-ring (bicyclic) bond motifs is 2. The lowest BCUT2D eigenvalue weighted by molar-refractivity contribution is -0.120. The Balaban J connectivity index is 0.000000164. The maximum Gasteiger partial charge on any atom is 0.257 e. The van der Waals surface area contributed by atoms with E-state index in [0.29, 0.717) is 30.8 Å². The zero-order chi connectivity index (χ0) is 38.5. The number of halogens is 1. The Kier molecular flexibility index (Phi) is 10.4. The van der Waals surface area contributed by atoms with Crippen LogP contribution in [0.4, 0.5) is 0 Å². The summed E-state index contributed by atoms with van der Waals surface area (Å²) in [6.07, 6.45) is 0. The number of benzene rings is 7. The van der Waals surface area contributed by atoms with E-state index in [1.165, 1.54) is 5.56 Å². The van der Waals surface area contributed by atoms with Crippen molar-refractivity contribution in [2.24, 2.45) is 0 Å². The molecule has 9 rings (SSSR count). The lowest BCUT2D eigenvalue weighted by Gasteiger charge is -2.39. The Morgan fingerprint density at radius 2 is 0.893 bits per heavy atom. The monoisotopic (exact) mass is 752 g/mol. The quantitative estimate of drug-likeness (QED) is 0.109. The van der Waals surface area contributed by atoms with E-state index in [9.17, 15) is 9.59 Å². The molecule has 0 N–H and O–H groups in total. The molecule has 6 heteroatoms. The summed E-state index contributed by atoms with van der Waals surface area (Å²) in [5.41, 5.74) is 8.34. The van der Waals surface area contributed by atoms with Gasteiger partial charge in [-0.2, -0.15) is 0 Å². The van der Waals surface area contributed by atoms with E-state index in [1.54, 1.807) is 4.90 Å². The van der Waals surface area contributed by atoms with Crippen LogP contribution in [-0.4, -0.2) is 21.6 Å². The Morgan fingerprint density at radius 1 is 0.464 bits per heavy atom. The molecule has 276 valence electrons. The van der Waals surface area contributed by atoms with Gasteiger partial charge in [-0.05, 0) is 41.3 Å². The van der Waals surface area contributed by atoms with Gasteiger partial charge in [0, 0.05) is 40.9 Å². The highest BCUT2D eigenvalue weighted by molar-refractivity contribution is 6.29. The number of alkyl halides is 1. The molecule has 5 nitrogen and oxygen atoms in total. The summed E-state index contributed by atoms with van der Waals surface area (Å²) in [4.78, 5) is 29.4. The molecule has 2 unspecified atom stereocenters. The normalized spacial score (nSPS) is 18.2. The molecule has 0 fully saturated rings. The van der Waals surface area contributed by atoms with Gasteiger partial charge < -0.3 is 9.64 Å². The summed E-state index contributed by atoms with van der Waals surface area (Å²) in [6, 6.07) is 63.6. The van der Waals surface area contributed by atoms with Gasteiger partial charge in [-0.1, -0.05) is 199 Å². The molecule has 2 aliphatic heterocycles. The third-order valence-corrected chi connectivity index (χ3v) is 11.2. The molecule has 2 amide bonds. The Morgan fingerprint density at radius 3 is 1.46 bits per heavy atom. The summed E-state index contributed by atoms with van der Waals surface area (Å²) in [5, 5.41) is 0. The van der Waals surface area contributed by atoms with Gasteiger partial charge in [0.05, 0.1) is 6.61 Å². The first kappa shape index (κ1) is 36.7. The molecule has 0 bridgehead atoms. The second kappa shape index (κ2) is 15.8. The van der Waals surface area contributed by atoms with Crippen LogP contribution >= 0.6 is 11.6 Å². The van der Waals surface area contributed by atoms with Crippen molar-refractivity contribution in [3.63, 3.8) is 0 Å². The number of rotatable bonds is 9. The summed E-state index contributed by atoms with van der Waals surface area (Å²) in [7, 11) is 0. The molecular weight excluding hydrogens is 712 g/mol. The fourth-order valence-electron chi connectivity index (χ4n) is 7.74. The molecule has 7 aromatic rings. The van der Waals surface area contributed by atoms with Gasteiger partial charge in [0.25, 0.3) is 11.8 Å². The first-order chi connectivity index (χ1) is 27.4. The average molecular weight is 753 g/mol. The third kappa shape index (κ3) is 6.81. The molecule has 0 saturated heterocycles. The van der Waals surface area contributed by atoms with Gasteiger partial charge in [-0.25, -0.2) is 0 Å². The molecule has 0 aromatic heterocycles. The predicted molar refractivity (Wildman–Crippen MR) is 222 cm³/mol. The van der Waals surface area contributed by atoms with Crippen LogP contribution in [0.25, 0.3) is 0 Å². The molecule has 56 heavy (non-hydrogen) atoms. The summed E-state index contributed by atoms with van der Waals surface area (Å²) in [6.45, 7) is 3.38. The number of carbonyl (C=O) groups is 2. The molecule has 2 aliphatic rings. The second-order valence-corrected chi connectivity index (χ2v) is 14.7. The summed E-state index contributed by atoms with van der Waals surface area (Å²) >= 11 is 7.14. The van der Waals surface area contributed by atoms with E-state index in [1.807, 2.05) is 175 Å². The van der Waals surface area contributed by atoms with Crippen molar-refractivity contribution in [1.29, 1.82) is 0 Å². The highest BCUT2D eigenvalue weighted by Crippen LogP contribution is 2.49. The maximum absolute atomic E-state index is 13.7. The van der Waals surface area contributed by atoms with Gasteiger partial charge in [0.15, 0.2) is 10.7 Å². The molecule has 0 aliphatic carbocycles. The minimum atomic E-state index is -1.00. The number of aryl methyl sites for hydroxylation is 1. The Bertz CT molecular complexity index is 2440. The van der Waals surface area contributed by atoms with Crippen LogP contribution < -0.4 is 0 Å². The molecule has 0 radical (unpaired) electrons. The molecule has 2 atom stereocenters. The van der Waals surface area contributed by atoms with Gasteiger partial charge in [-0.3, -0.25) is 14.5 Å². The Hall–Kier alpha value is -6.27. The predicted octanol–water partition coefficient (Wildman–Crippen LogP) is 10.9. The molecule has 0 spiro atoms. The van der Waals surface area contributed by atoms with Crippen molar-refractivity contribution >= 4 is 23.4 Å². The van der Waals surface area contributed by atoms with Gasteiger partial charge in [0.2, 0.25) is 0 Å². The SMILES string of the molecule is Cc1ccc(COC2(c3ccccc3)c3ccccc3C(=O)N2Cc2ccccc2)cc1.O=C1c2ccccc2C(Cl)(c2ccccc2)N1Cc1ccccc1. The van der Waals surface area contributed by atoms with E-state index in [4.69, 9.17) is 16.3 Å². The first-order valence-corrected chi connectivity index (χ1v) is 19.2. The van der Waals surface area contributed by atoms with Gasteiger partial charge >= 0.3 is 0 Å². The molecule has 2 heterocycles. The van der Waals surface area contributed by atoms with Crippen molar-refractivity contribution in [3.05, 3.63) is 250 Å². The smallest absolute Gasteiger partial charge is 0.257 e. The number of amides is 2. The number of ether oxygens (including phenoxy) is 1. The van der Waals surface area contributed by atoms with Gasteiger partial charge in [-0.15, -0.1) is 0 Å². The lowest BCUT2D eigenvalue weighted by atomic mass is 9.93. The van der Waals surface area contributed by atoms with Crippen LogP contribution in [0.1, 0.15) is 65.2 Å². The Labute approximate surface area is 333 Å². The number of hydrogen-bond acceptors (Lipinski definition) is 3. The third-order valence-electron chi connectivity index (χ3n) is 10.5. The first-order valence-electron chi connectivity index (χ1n) is 18.8. The number of hydrogen-bond donors (Lipinski definition) is 0. The van der Waals surface area contributed by atoms with Crippen molar-refractivity contribution in [2.45, 2.75) is 37.3 Å². The summed E-state index contributed by atoms with van der Waals surface area (Å²) < 4.78 is 6.79. The number of nitrogens with zero attached hydrogens (tertiary/aromatic N) is 2. The topological polar surface area (TPSA) is 49.9 Å². The van der Waals surface area contributed by atoms with Crippen molar-refractivity contribution < 1.29 is 14.3 Å². The van der Waals surface area contributed by atoms with Crippen LogP contribution in [0.3, 0.4) is 0 Å². The average Bonchev–Trinajstić information content (AvgIpc) is 3.63. The van der Waals surface area contributed by atoms with Crippen LogP contribution in [0, 0.1) is 6.92 Å². The second-order valence-electron chi connectivity index (χ2n) is 14.1. The van der Waals surface area contributed by atoms with E-state index in [-0.39, 0.29) is 11.8 Å². The lowest BCUT2D eigenvalue weighted by Crippen LogP contribution is -2.46. The van der Waals surface area contributed by atoms with Gasteiger partial charge in [0.1, 0.15) is 0 Å². The van der Waals surface area contributed by atoms with E-state index in [0.717, 1.165) is 38.9 Å². The highest BCUT2D eigenvalue weighted by atomic mass is 35.5. The van der Waals surface area contributed by atoms with E-state index >= 15 is 0 Å². The fraction of sp³-hybridized carbons (Fsp3) is 0.120. The van der Waals surface area contributed by atoms with Crippen LogP contribution in [0.2, 0.25) is 0 Å². The molecule has 7 aromatic carbocycles. The largest absolute Gasteiger partial charge is 0.342 e. The fourth-order valence-corrected chi connectivity index (χ4v) is 8.17. The number of carbonyl (C=O) groups excluding carboxylic acids is 2. The zero-order valence-electron chi connectivity index (χ0n) is 31.1. The van der Waals surface area contributed by atoms with Crippen LogP contribution in [0.5, 0.6) is 0 Å². The maximum atomic E-state index is 13.7. The van der Waals surface area contributed by atoms with Crippen molar-refractivity contribution in [1.82, 2.24) is 9.80 Å². The highest BCUT2D eigenvalue weighted by Gasteiger charge is 2.52. The standard InChI is InChI=1S/C29H25NO2.C21H16ClNO/c1-22-16-18-24(19-17-22)21-32-29(25-12-6-3-7-13-25)27-15-9-8-14-26(27)28(31)30(29)20-23-10-4-2-5-11-23;22-21(17-11-5-2-6-12-17)19-14-8-7-13-18(19)20(24)23(21)15-16-9-3-1-4-10-16/h2-19H,20-21H2,1H3;1-14H,15H2. The van der Waals surface area contributed by atoms with Crippen molar-refractivity contribution in [2.75, 3.05) is 0 Å². The van der Waals surface area contributed by atoms with Crippen LogP contribution in [-0.2, 0) is 35.2 Å². The zero-order valence-corrected chi connectivity index (χ0v) is 31.8. The van der Waals surface area contributed by atoms with E-state index in [2.05, 4.69) is 31.2 Å². The molecular formula is C50H41ClN2O3. The minimum Gasteiger partial charge on any atom is -0.342 e. The minimum absolute atomic E-state index is 0.0165. The van der Waals surface area contributed by atoms with E-state index < -0.39 is 10.7 Å². The van der Waals surface area contributed by atoms with Crippen molar-refractivity contribution in [3.8, 4) is 0 Å². The summed E-state index contributed by atoms with van der Waals surface area (Å²) in [5.74, 6) is -0.0504.